The Morgan fingerprint density at radius 2 is 2.04 bits per heavy atom. The summed E-state index contributed by atoms with van der Waals surface area (Å²) in [6.45, 7) is 1.89. The van der Waals surface area contributed by atoms with Crippen LogP contribution < -0.4 is 10.2 Å². The Morgan fingerprint density at radius 1 is 1.30 bits per heavy atom. The van der Waals surface area contributed by atoms with Crippen LogP contribution in [0.5, 0.6) is 5.75 Å². The summed E-state index contributed by atoms with van der Waals surface area (Å²) >= 11 is 3.40. The van der Waals surface area contributed by atoms with Gasteiger partial charge in [-0.05, 0) is 47.9 Å². The highest BCUT2D eigenvalue weighted by atomic mass is 79.9. The Balaban J connectivity index is 1.84. The van der Waals surface area contributed by atoms with Gasteiger partial charge in [0.2, 0.25) is 0 Å². The van der Waals surface area contributed by atoms with E-state index in [2.05, 4.69) is 26.5 Å². The van der Waals surface area contributed by atoms with Gasteiger partial charge in [-0.2, -0.15) is 5.10 Å². The van der Waals surface area contributed by atoms with Crippen LogP contribution in [0.1, 0.15) is 18.1 Å². The molecule has 0 aliphatic heterocycles. The van der Waals surface area contributed by atoms with Crippen molar-refractivity contribution in [2.45, 2.75) is 13.3 Å². The van der Waals surface area contributed by atoms with Crippen molar-refractivity contribution in [3.63, 3.8) is 0 Å². The number of hydrogen-bond acceptors (Lipinski definition) is 3. The van der Waals surface area contributed by atoms with Crippen molar-refractivity contribution in [1.82, 2.24) is 5.43 Å². The van der Waals surface area contributed by atoms with Crippen LogP contribution in [0.25, 0.3) is 0 Å². The van der Waals surface area contributed by atoms with E-state index in [0.29, 0.717) is 11.3 Å². The van der Waals surface area contributed by atoms with E-state index in [1.54, 1.807) is 12.1 Å². The van der Waals surface area contributed by atoms with E-state index in [1.807, 2.05) is 25.1 Å². The number of carbonyl (C=O) groups excluding carboxylic acids is 1. The number of amides is 1. The first-order valence-corrected chi connectivity index (χ1v) is 7.86. The molecular weight excluding hydrogens is 363 g/mol. The van der Waals surface area contributed by atoms with Crippen LogP contribution in [0.2, 0.25) is 0 Å². The first-order valence-electron chi connectivity index (χ1n) is 7.07. The summed E-state index contributed by atoms with van der Waals surface area (Å²) < 4.78 is 19.2. The Bertz CT molecular complexity index is 702. The minimum Gasteiger partial charge on any atom is -0.483 e. The molecule has 4 nitrogen and oxygen atoms in total. The normalized spacial score (nSPS) is 10.7. The van der Waals surface area contributed by atoms with Crippen LogP contribution in [0.3, 0.4) is 0 Å². The number of halogens is 2. The summed E-state index contributed by atoms with van der Waals surface area (Å²) in [6, 6.07) is 11.4. The van der Waals surface area contributed by atoms with Crippen molar-refractivity contribution < 1.29 is 13.9 Å². The van der Waals surface area contributed by atoms with Crippen LogP contribution >= 0.6 is 15.9 Å². The second kappa shape index (κ2) is 8.43. The molecule has 0 heterocycles. The zero-order chi connectivity index (χ0) is 16.7. The highest BCUT2D eigenvalue weighted by Crippen LogP contribution is 2.23. The predicted molar refractivity (Wildman–Crippen MR) is 91.2 cm³/mol. The SMILES string of the molecule is CCc1cc(Br)ccc1OCC(=O)N/N=C/c1ccc(F)cc1. The van der Waals surface area contributed by atoms with Crippen molar-refractivity contribution in [3.8, 4) is 5.75 Å². The maximum atomic E-state index is 12.8. The summed E-state index contributed by atoms with van der Waals surface area (Å²) in [7, 11) is 0. The average molecular weight is 379 g/mol. The summed E-state index contributed by atoms with van der Waals surface area (Å²) in [6.07, 6.45) is 2.24. The molecule has 0 saturated carbocycles. The minimum atomic E-state index is -0.367. The predicted octanol–water partition coefficient (Wildman–Crippen LogP) is 3.68. The van der Waals surface area contributed by atoms with Crippen LogP contribution in [-0.2, 0) is 11.2 Å². The van der Waals surface area contributed by atoms with Crippen LogP contribution in [0, 0.1) is 5.82 Å². The van der Waals surface area contributed by atoms with Crippen molar-refractivity contribution >= 4 is 28.1 Å². The van der Waals surface area contributed by atoms with E-state index in [9.17, 15) is 9.18 Å². The second-order valence-electron chi connectivity index (χ2n) is 4.74. The Hall–Kier alpha value is -2.21. The molecule has 23 heavy (non-hydrogen) atoms. The number of nitrogens with zero attached hydrogens (tertiary/aromatic N) is 1. The van der Waals surface area contributed by atoms with Gasteiger partial charge in [0.15, 0.2) is 6.61 Å². The van der Waals surface area contributed by atoms with Crippen LogP contribution in [0.15, 0.2) is 52.0 Å². The zero-order valence-corrected chi connectivity index (χ0v) is 14.1. The molecule has 120 valence electrons. The zero-order valence-electron chi connectivity index (χ0n) is 12.6. The number of ether oxygens (including phenoxy) is 1. The molecule has 2 aromatic rings. The van der Waals surface area contributed by atoms with E-state index in [-0.39, 0.29) is 18.3 Å². The molecule has 0 spiro atoms. The summed E-state index contributed by atoms with van der Waals surface area (Å²) in [5.41, 5.74) is 4.07. The number of hydrogen-bond donors (Lipinski definition) is 1. The molecule has 0 aliphatic rings. The van der Waals surface area contributed by atoms with Gasteiger partial charge in [-0.25, -0.2) is 9.82 Å². The lowest BCUT2D eigenvalue weighted by Gasteiger charge is -2.09. The Kier molecular flexibility index (Phi) is 6.29. The smallest absolute Gasteiger partial charge is 0.277 e. The molecule has 0 atom stereocenters. The molecule has 0 aromatic heterocycles. The van der Waals surface area contributed by atoms with Crippen molar-refractivity contribution in [2.24, 2.45) is 5.10 Å². The molecule has 1 amide bonds. The lowest BCUT2D eigenvalue weighted by molar-refractivity contribution is -0.123. The van der Waals surface area contributed by atoms with E-state index in [1.165, 1.54) is 18.3 Å². The van der Waals surface area contributed by atoms with E-state index in [4.69, 9.17) is 4.74 Å². The fraction of sp³-hybridized carbons (Fsp3) is 0.176. The number of aryl methyl sites for hydroxylation is 1. The average Bonchev–Trinajstić information content (AvgIpc) is 2.55. The first-order chi connectivity index (χ1) is 11.1. The van der Waals surface area contributed by atoms with E-state index in [0.717, 1.165) is 16.5 Å². The molecule has 0 fully saturated rings. The summed E-state index contributed by atoms with van der Waals surface area (Å²) in [5.74, 6) is -0.0116. The molecule has 2 aromatic carbocycles. The third-order valence-electron chi connectivity index (χ3n) is 3.04. The lowest BCUT2D eigenvalue weighted by Crippen LogP contribution is -2.24. The maximum Gasteiger partial charge on any atom is 0.277 e. The van der Waals surface area contributed by atoms with Crippen molar-refractivity contribution in [2.75, 3.05) is 6.61 Å². The standard InChI is InChI=1S/C17H16BrFN2O2/c1-2-13-9-14(18)5-8-16(13)23-11-17(22)21-20-10-12-3-6-15(19)7-4-12/h3-10H,2,11H2,1H3,(H,21,22)/b20-10+. The van der Waals surface area contributed by atoms with E-state index >= 15 is 0 Å². The molecule has 1 N–H and O–H groups in total. The van der Waals surface area contributed by atoms with Gasteiger partial charge >= 0.3 is 0 Å². The molecule has 2 rings (SSSR count). The topological polar surface area (TPSA) is 50.7 Å². The largest absolute Gasteiger partial charge is 0.483 e. The van der Waals surface area contributed by atoms with E-state index < -0.39 is 0 Å². The van der Waals surface area contributed by atoms with Gasteiger partial charge in [-0.15, -0.1) is 0 Å². The Labute approximate surface area is 142 Å². The van der Waals surface area contributed by atoms with Crippen molar-refractivity contribution in [3.05, 3.63) is 63.9 Å². The van der Waals surface area contributed by atoms with Gasteiger partial charge in [0.05, 0.1) is 6.21 Å². The van der Waals surface area contributed by atoms with Gasteiger partial charge in [0.25, 0.3) is 5.91 Å². The fourth-order valence-corrected chi connectivity index (χ4v) is 2.28. The van der Waals surface area contributed by atoms with Gasteiger partial charge in [-0.1, -0.05) is 35.0 Å². The van der Waals surface area contributed by atoms with Gasteiger partial charge in [0.1, 0.15) is 11.6 Å². The second-order valence-corrected chi connectivity index (χ2v) is 5.65. The molecule has 0 saturated heterocycles. The van der Waals surface area contributed by atoms with Crippen LogP contribution in [0.4, 0.5) is 4.39 Å². The maximum absolute atomic E-state index is 12.8. The number of nitrogens with one attached hydrogen (secondary N) is 1. The minimum absolute atomic E-state index is 0.130. The fourth-order valence-electron chi connectivity index (χ4n) is 1.87. The van der Waals surface area contributed by atoms with Crippen LogP contribution in [-0.4, -0.2) is 18.7 Å². The highest BCUT2D eigenvalue weighted by molar-refractivity contribution is 9.10. The highest BCUT2D eigenvalue weighted by Gasteiger charge is 2.06. The van der Waals surface area contributed by atoms with Gasteiger partial charge in [-0.3, -0.25) is 4.79 Å². The third-order valence-corrected chi connectivity index (χ3v) is 3.53. The van der Waals surface area contributed by atoms with Gasteiger partial charge < -0.3 is 4.74 Å². The number of carbonyl (C=O) groups is 1. The summed E-state index contributed by atoms with van der Waals surface area (Å²) in [5, 5.41) is 3.81. The number of hydrazone groups is 1. The quantitative estimate of drug-likeness (QED) is 0.615. The molecule has 0 aliphatic carbocycles. The lowest BCUT2D eigenvalue weighted by atomic mass is 10.1. The molecule has 0 unspecified atom stereocenters. The van der Waals surface area contributed by atoms with Gasteiger partial charge in [0, 0.05) is 4.47 Å². The molecule has 6 heteroatoms. The summed E-state index contributed by atoms with van der Waals surface area (Å²) in [4.78, 5) is 11.7. The number of benzene rings is 2. The first kappa shape index (κ1) is 17.1. The Morgan fingerprint density at radius 3 is 2.74 bits per heavy atom. The molecule has 0 radical (unpaired) electrons. The molecule has 0 bridgehead atoms. The third kappa shape index (κ3) is 5.49. The monoisotopic (exact) mass is 378 g/mol. The number of rotatable bonds is 6. The molecular formula is C17H16BrFN2O2. The van der Waals surface area contributed by atoms with Crippen molar-refractivity contribution in [1.29, 1.82) is 0 Å².